The number of benzene rings is 1. The zero-order chi connectivity index (χ0) is 14.7. The summed E-state index contributed by atoms with van der Waals surface area (Å²) in [6.07, 6.45) is 8.02. The highest BCUT2D eigenvalue weighted by atomic mass is 79.9. The number of aromatic nitrogens is 3. The van der Waals surface area contributed by atoms with Gasteiger partial charge in [0.1, 0.15) is 0 Å². The molecule has 0 spiro atoms. The van der Waals surface area contributed by atoms with Crippen molar-refractivity contribution in [3.05, 3.63) is 44.9 Å². The van der Waals surface area contributed by atoms with Crippen LogP contribution in [0.1, 0.15) is 49.4 Å². The van der Waals surface area contributed by atoms with E-state index in [0.29, 0.717) is 10.7 Å². The van der Waals surface area contributed by atoms with Crippen LogP contribution in [0.3, 0.4) is 0 Å². The Bertz CT molecular complexity index is 698. The maximum atomic E-state index is 5.31. The highest BCUT2D eigenvalue weighted by molar-refractivity contribution is 9.10. The molecule has 1 aromatic carbocycles. The summed E-state index contributed by atoms with van der Waals surface area (Å²) in [5, 5.41) is 11.8. The Morgan fingerprint density at radius 1 is 1.33 bits per heavy atom. The van der Waals surface area contributed by atoms with Crippen LogP contribution >= 0.6 is 28.1 Å². The Labute approximate surface area is 137 Å². The second kappa shape index (κ2) is 6.66. The molecule has 0 saturated heterocycles. The maximum Gasteiger partial charge on any atom is 0.216 e. The van der Waals surface area contributed by atoms with Crippen molar-refractivity contribution in [3.63, 3.8) is 0 Å². The lowest BCUT2D eigenvalue weighted by molar-refractivity contribution is 0.419. The topological polar surface area (TPSA) is 46.0 Å². The number of nitrogens with zero attached hydrogens (tertiary/aromatic N) is 3. The van der Waals surface area contributed by atoms with E-state index >= 15 is 0 Å². The highest BCUT2D eigenvalue weighted by Crippen LogP contribution is 2.31. The fourth-order valence-electron chi connectivity index (χ4n) is 2.75. The second-order valence-corrected chi connectivity index (χ2v) is 6.64. The van der Waals surface area contributed by atoms with Gasteiger partial charge in [-0.05, 0) is 42.8 Å². The van der Waals surface area contributed by atoms with Crippen LogP contribution in [0.25, 0.3) is 0 Å². The SMILES string of the molecule is S=c1[nH]nc(C2CCCCC2)n1/N=C\c1cccc(Br)c1. The van der Waals surface area contributed by atoms with Crippen molar-refractivity contribution in [1.82, 2.24) is 14.9 Å². The highest BCUT2D eigenvalue weighted by Gasteiger charge is 2.21. The van der Waals surface area contributed by atoms with E-state index < -0.39 is 0 Å². The number of hydrogen-bond acceptors (Lipinski definition) is 3. The predicted octanol–water partition coefficient (Wildman–Crippen LogP) is 4.63. The van der Waals surface area contributed by atoms with Crippen molar-refractivity contribution in [2.45, 2.75) is 38.0 Å². The number of rotatable bonds is 3. The molecule has 0 bridgehead atoms. The molecule has 1 heterocycles. The molecule has 2 aromatic rings. The van der Waals surface area contributed by atoms with E-state index in [1.54, 1.807) is 4.68 Å². The van der Waals surface area contributed by atoms with Crippen LogP contribution in [-0.4, -0.2) is 21.1 Å². The fraction of sp³-hybridized carbons (Fsp3) is 0.400. The first-order valence-electron chi connectivity index (χ1n) is 7.21. The molecule has 0 radical (unpaired) electrons. The minimum atomic E-state index is 0.464. The number of aromatic amines is 1. The van der Waals surface area contributed by atoms with Crippen LogP contribution in [0.4, 0.5) is 0 Å². The average Bonchev–Trinajstić information content (AvgIpc) is 2.87. The summed E-state index contributed by atoms with van der Waals surface area (Å²) in [5.74, 6) is 1.43. The van der Waals surface area contributed by atoms with Crippen LogP contribution in [0.15, 0.2) is 33.8 Å². The molecular formula is C15H17BrN4S. The number of H-pyrrole nitrogens is 1. The van der Waals surface area contributed by atoms with Crippen molar-refractivity contribution in [3.8, 4) is 0 Å². The summed E-state index contributed by atoms with van der Waals surface area (Å²) in [6, 6.07) is 8.02. The lowest BCUT2D eigenvalue weighted by Gasteiger charge is -2.19. The van der Waals surface area contributed by atoms with Crippen molar-refractivity contribution in [2.75, 3.05) is 0 Å². The lowest BCUT2D eigenvalue weighted by Crippen LogP contribution is -2.10. The number of nitrogens with one attached hydrogen (secondary N) is 1. The van der Waals surface area contributed by atoms with Gasteiger partial charge in [-0.2, -0.15) is 14.9 Å². The largest absolute Gasteiger partial charge is 0.250 e. The molecule has 6 heteroatoms. The summed E-state index contributed by atoms with van der Waals surface area (Å²) in [4.78, 5) is 0. The smallest absolute Gasteiger partial charge is 0.216 e. The van der Waals surface area contributed by atoms with Crippen LogP contribution in [0.5, 0.6) is 0 Å². The molecule has 1 aromatic heterocycles. The van der Waals surface area contributed by atoms with E-state index in [2.05, 4.69) is 31.2 Å². The third kappa shape index (κ3) is 3.49. The van der Waals surface area contributed by atoms with Gasteiger partial charge in [-0.3, -0.25) is 5.10 Å². The summed E-state index contributed by atoms with van der Waals surface area (Å²) in [6.45, 7) is 0. The van der Waals surface area contributed by atoms with E-state index in [-0.39, 0.29) is 0 Å². The van der Waals surface area contributed by atoms with Crippen molar-refractivity contribution in [1.29, 1.82) is 0 Å². The van der Waals surface area contributed by atoms with Gasteiger partial charge < -0.3 is 0 Å². The summed E-state index contributed by atoms with van der Waals surface area (Å²) < 4.78 is 3.36. The van der Waals surface area contributed by atoms with Crippen molar-refractivity contribution < 1.29 is 0 Å². The van der Waals surface area contributed by atoms with Crippen LogP contribution in [0.2, 0.25) is 0 Å². The summed E-state index contributed by atoms with van der Waals surface area (Å²) in [7, 11) is 0. The molecule has 4 nitrogen and oxygen atoms in total. The molecule has 21 heavy (non-hydrogen) atoms. The Kier molecular flexibility index (Phi) is 4.65. The molecule has 0 unspecified atom stereocenters. The van der Waals surface area contributed by atoms with Gasteiger partial charge in [0, 0.05) is 10.4 Å². The Morgan fingerprint density at radius 3 is 2.90 bits per heavy atom. The van der Waals surface area contributed by atoms with Crippen LogP contribution < -0.4 is 0 Å². The van der Waals surface area contributed by atoms with Crippen LogP contribution in [0, 0.1) is 4.77 Å². The minimum absolute atomic E-state index is 0.464. The second-order valence-electron chi connectivity index (χ2n) is 5.33. The van der Waals surface area contributed by atoms with Gasteiger partial charge in [-0.1, -0.05) is 47.3 Å². The lowest BCUT2D eigenvalue weighted by atomic mass is 9.89. The van der Waals surface area contributed by atoms with E-state index in [9.17, 15) is 0 Å². The van der Waals surface area contributed by atoms with E-state index in [1.807, 2.05) is 30.5 Å². The minimum Gasteiger partial charge on any atom is -0.250 e. The number of hydrogen-bond donors (Lipinski definition) is 1. The molecule has 1 aliphatic rings. The maximum absolute atomic E-state index is 5.31. The van der Waals surface area contributed by atoms with Crippen LogP contribution in [-0.2, 0) is 0 Å². The Morgan fingerprint density at radius 2 is 2.14 bits per heavy atom. The zero-order valence-electron chi connectivity index (χ0n) is 11.6. The van der Waals surface area contributed by atoms with E-state index in [0.717, 1.165) is 15.9 Å². The quantitative estimate of drug-likeness (QED) is 0.637. The van der Waals surface area contributed by atoms with Gasteiger partial charge in [0.05, 0.1) is 6.21 Å². The fourth-order valence-corrected chi connectivity index (χ4v) is 3.36. The van der Waals surface area contributed by atoms with Gasteiger partial charge >= 0.3 is 0 Å². The van der Waals surface area contributed by atoms with E-state index in [1.165, 1.54) is 32.1 Å². The Balaban J connectivity index is 1.88. The molecule has 110 valence electrons. The summed E-state index contributed by atoms with van der Waals surface area (Å²) >= 11 is 8.77. The first kappa shape index (κ1) is 14.7. The first-order chi connectivity index (χ1) is 10.2. The molecule has 0 amide bonds. The third-order valence-corrected chi connectivity index (χ3v) is 4.57. The molecular weight excluding hydrogens is 348 g/mol. The number of halogens is 1. The van der Waals surface area contributed by atoms with E-state index in [4.69, 9.17) is 12.2 Å². The molecule has 0 atom stereocenters. The van der Waals surface area contributed by atoms with Gasteiger partial charge in [-0.25, -0.2) is 0 Å². The molecule has 1 fully saturated rings. The molecule has 3 rings (SSSR count). The van der Waals surface area contributed by atoms with Gasteiger partial charge in [0.2, 0.25) is 4.77 Å². The van der Waals surface area contributed by atoms with Crippen molar-refractivity contribution >= 4 is 34.4 Å². The molecule has 1 N–H and O–H groups in total. The zero-order valence-corrected chi connectivity index (χ0v) is 14.0. The normalized spacial score (nSPS) is 16.6. The monoisotopic (exact) mass is 364 g/mol. The van der Waals surface area contributed by atoms with Gasteiger partial charge in [-0.15, -0.1) is 0 Å². The standard InChI is InChI=1S/C15H17BrN4S/c16-13-8-4-5-11(9-13)10-17-20-14(18-19-15(20)21)12-6-2-1-3-7-12/h4-5,8-10,12H,1-3,6-7H2,(H,19,21)/b17-10-. The van der Waals surface area contributed by atoms with Crippen molar-refractivity contribution in [2.24, 2.45) is 5.10 Å². The Hall–Kier alpha value is -1.27. The molecule has 1 aliphatic carbocycles. The predicted molar refractivity (Wildman–Crippen MR) is 90.4 cm³/mol. The molecule has 0 aliphatic heterocycles. The third-order valence-electron chi connectivity index (χ3n) is 3.82. The van der Waals surface area contributed by atoms with Gasteiger partial charge in [0.25, 0.3) is 0 Å². The molecule has 1 saturated carbocycles. The summed E-state index contributed by atoms with van der Waals surface area (Å²) in [5.41, 5.74) is 1.03. The van der Waals surface area contributed by atoms with Gasteiger partial charge in [0.15, 0.2) is 5.82 Å². The first-order valence-corrected chi connectivity index (χ1v) is 8.41. The average molecular weight is 365 g/mol.